The Kier molecular flexibility index (Phi) is 5.84. The minimum Gasteiger partial charge on any atom is -0.364 e. The van der Waals surface area contributed by atoms with E-state index in [4.69, 9.17) is 10.5 Å². The van der Waals surface area contributed by atoms with Crippen molar-refractivity contribution >= 4 is 5.91 Å². The summed E-state index contributed by atoms with van der Waals surface area (Å²) in [4.78, 5) is 15.0. The highest BCUT2D eigenvalue weighted by Gasteiger charge is 2.33. The van der Waals surface area contributed by atoms with Crippen molar-refractivity contribution in [1.29, 1.82) is 0 Å². The predicted octanol–water partition coefficient (Wildman–Crippen LogP) is 3.03. The summed E-state index contributed by atoms with van der Waals surface area (Å²) in [5.41, 5.74) is 9.17. The molecule has 2 aromatic carbocycles. The van der Waals surface area contributed by atoms with Gasteiger partial charge in [-0.2, -0.15) is 0 Å². The number of carbonyl (C=O) groups excluding carboxylic acids is 1. The van der Waals surface area contributed by atoms with Crippen molar-refractivity contribution in [3.05, 3.63) is 71.3 Å². The quantitative estimate of drug-likeness (QED) is 0.881. The molecule has 2 atom stereocenters. The number of nitrogens with two attached hydrogens (primary N) is 1. The Labute approximate surface area is 149 Å². The van der Waals surface area contributed by atoms with Gasteiger partial charge in [-0.25, -0.2) is 0 Å². The molecule has 2 N–H and O–H groups in total. The molecule has 4 heteroatoms. The molecule has 1 aliphatic rings. The van der Waals surface area contributed by atoms with Crippen molar-refractivity contribution in [3.63, 3.8) is 0 Å². The van der Waals surface area contributed by atoms with Gasteiger partial charge in [0.2, 0.25) is 0 Å². The van der Waals surface area contributed by atoms with Crippen molar-refractivity contribution in [3.8, 4) is 0 Å². The molecule has 25 heavy (non-hydrogen) atoms. The minimum absolute atomic E-state index is 0.00554. The maximum absolute atomic E-state index is 13.1. The van der Waals surface area contributed by atoms with Crippen LogP contribution in [-0.2, 0) is 22.6 Å². The average Bonchev–Trinajstić information content (AvgIpc) is 3.12. The Hall–Kier alpha value is -2.17. The van der Waals surface area contributed by atoms with E-state index in [-0.39, 0.29) is 18.1 Å². The Morgan fingerprint density at radius 1 is 1.08 bits per heavy atom. The Morgan fingerprint density at radius 3 is 2.48 bits per heavy atom. The summed E-state index contributed by atoms with van der Waals surface area (Å²) in [6, 6.07) is 18.3. The van der Waals surface area contributed by atoms with Crippen molar-refractivity contribution in [2.75, 3.05) is 6.54 Å². The van der Waals surface area contributed by atoms with E-state index in [0.29, 0.717) is 19.6 Å². The lowest BCUT2D eigenvalue weighted by Gasteiger charge is -2.26. The molecule has 0 unspecified atom stereocenters. The highest BCUT2D eigenvalue weighted by molar-refractivity contribution is 5.81. The molecule has 1 aliphatic heterocycles. The first-order valence-electron chi connectivity index (χ1n) is 8.90. The summed E-state index contributed by atoms with van der Waals surface area (Å²) in [5, 5.41) is 0. The zero-order valence-electron chi connectivity index (χ0n) is 14.7. The molecular formula is C21H26N2O2. The Morgan fingerprint density at radius 2 is 1.80 bits per heavy atom. The van der Waals surface area contributed by atoms with Crippen molar-refractivity contribution < 1.29 is 9.53 Å². The average molecular weight is 338 g/mol. The van der Waals surface area contributed by atoms with E-state index in [9.17, 15) is 4.79 Å². The second kappa shape index (κ2) is 8.28. The summed E-state index contributed by atoms with van der Waals surface area (Å²) in [6.45, 7) is 3.73. The summed E-state index contributed by atoms with van der Waals surface area (Å²) in [7, 11) is 0. The minimum atomic E-state index is -0.374. The largest absolute Gasteiger partial charge is 0.364 e. The Balaban J connectivity index is 1.78. The zero-order chi connectivity index (χ0) is 17.6. The third-order valence-electron chi connectivity index (χ3n) is 4.80. The van der Waals surface area contributed by atoms with Crippen LogP contribution in [0.1, 0.15) is 29.5 Å². The van der Waals surface area contributed by atoms with Gasteiger partial charge in [0.1, 0.15) is 6.10 Å². The van der Waals surface area contributed by atoms with Crippen LogP contribution < -0.4 is 5.73 Å². The van der Waals surface area contributed by atoms with E-state index in [2.05, 4.69) is 31.2 Å². The number of carbonyl (C=O) groups is 1. The maximum Gasteiger partial charge on any atom is 0.252 e. The second-order valence-corrected chi connectivity index (χ2v) is 6.67. The van der Waals surface area contributed by atoms with Gasteiger partial charge in [-0.15, -0.1) is 0 Å². The highest BCUT2D eigenvalue weighted by atomic mass is 16.5. The molecule has 1 amide bonds. The van der Waals surface area contributed by atoms with Crippen LogP contribution in [0.15, 0.2) is 54.6 Å². The van der Waals surface area contributed by atoms with Gasteiger partial charge in [-0.05, 0) is 36.5 Å². The molecule has 0 aliphatic carbocycles. The van der Waals surface area contributed by atoms with Crippen LogP contribution >= 0.6 is 0 Å². The standard InChI is InChI=1S/C21H26N2O2/c1-16-7-5-6-10-18(16)15-23(14-17-8-3-2-4-9-17)21(24)20-12-11-19(13-22)25-20/h2-10,19-20H,11-15,22H2,1H3/t19-,20+/m1/s1. The van der Waals surface area contributed by atoms with E-state index in [0.717, 1.165) is 18.4 Å². The number of benzene rings is 2. The molecule has 1 saturated heterocycles. The molecule has 132 valence electrons. The molecule has 2 aromatic rings. The van der Waals surface area contributed by atoms with Gasteiger partial charge in [0.05, 0.1) is 6.10 Å². The molecule has 0 aromatic heterocycles. The number of amides is 1. The number of hydrogen-bond acceptors (Lipinski definition) is 3. The smallest absolute Gasteiger partial charge is 0.252 e. The third kappa shape index (κ3) is 4.47. The fourth-order valence-electron chi connectivity index (χ4n) is 3.27. The van der Waals surface area contributed by atoms with Gasteiger partial charge in [0, 0.05) is 19.6 Å². The van der Waals surface area contributed by atoms with E-state index in [1.54, 1.807) is 0 Å². The Bertz CT molecular complexity index is 702. The first-order chi connectivity index (χ1) is 12.2. The first kappa shape index (κ1) is 17.6. The van der Waals surface area contributed by atoms with Crippen molar-refractivity contribution in [1.82, 2.24) is 4.90 Å². The van der Waals surface area contributed by atoms with Crippen LogP contribution in [0, 0.1) is 6.92 Å². The molecule has 3 rings (SSSR count). The number of nitrogens with zero attached hydrogens (tertiary/aromatic N) is 1. The summed E-state index contributed by atoms with van der Waals surface area (Å²) in [5.74, 6) is 0.0584. The molecule has 0 radical (unpaired) electrons. The normalized spacial score (nSPS) is 19.8. The molecular weight excluding hydrogens is 312 g/mol. The van der Waals surface area contributed by atoms with Crippen LogP contribution in [0.2, 0.25) is 0 Å². The fraction of sp³-hybridized carbons (Fsp3) is 0.381. The van der Waals surface area contributed by atoms with Crippen LogP contribution in [0.5, 0.6) is 0 Å². The number of hydrogen-bond donors (Lipinski definition) is 1. The SMILES string of the molecule is Cc1ccccc1CN(Cc1ccccc1)C(=O)[C@@H]1CC[C@H](CN)O1. The predicted molar refractivity (Wildman–Crippen MR) is 98.8 cm³/mol. The second-order valence-electron chi connectivity index (χ2n) is 6.67. The van der Waals surface area contributed by atoms with E-state index >= 15 is 0 Å². The number of rotatable bonds is 6. The van der Waals surface area contributed by atoms with Gasteiger partial charge < -0.3 is 15.4 Å². The molecule has 1 fully saturated rings. The van der Waals surface area contributed by atoms with E-state index in [1.807, 2.05) is 35.2 Å². The van der Waals surface area contributed by atoms with Crippen molar-refractivity contribution in [2.24, 2.45) is 5.73 Å². The van der Waals surface area contributed by atoms with Crippen LogP contribution in [-0.4, -0.2) is 29.6 Å². The van der Waals surface area contributed by atoms with Gasteiger partial charge in [-0.3, -0.25) is 4.79 Å². The van der Waals surface area contributed by atoms with Crippen LogP contribution in [0.3, 0.4) is 0 Å². The first-order valence-corrected chi connectivity index (χ1v) is 8.90. The lowest BCUT2D eigenvalue weighted by atomic mass is 10.1. The fourth-order valence-corrected chi connectivity index (χ4v) is 3.27. The molecule has 1 heterocycles. The summed E-state index contributed by atoms with van der Waals surface area (Å²) < 4.78 is 5.84. The van der Waals surface area contributed by atoms with Gasteiger partial charge in [0.15, 0.2) is 0 Å². The van der Waals surface area contributed by atoms with Gasteiger partial charge >= 0.3 is 0 Å². The van der Waals surface area contributed by atoms with Gasteiger partial charge in [-0.1, -0.05) is 54.6 Å². The number of aryl methyl sites for hydroxylation is 1. The molecule has 0 saturated carbocycles. The summed E-state index contributed by atoms with van der Waals surface area (Å²) in [6.07, 6.45) is 1.24. The monoisotopic (exact) mass is 338 g/mol. The topological polar surface area (TPSA) is 55.6 Å². The lowest BCUT2D eigenvalue weighted by molar-refractivity contribution is -0.144. The van der Waals surface area contributed by atoms with Gasteiger partial charge in [0.25, 0.3) is 5.91 Å². The highest BCUT2D eigenvalue weighted by Crippen LogP contribution is 2.23. The maximum atomic E-state index is 13.1. The van der Waals surface area contributed by atoms with E-state index in [1.165, 1.54) is 11.1 Å². The summed E-state index contributed by atoms with van der Waals surface area (Å²) >= 11 is 0. The van der Waals surface area contributed by atoms with Crippen molar-refractivity contribution in [2.45, 2.75) is 45.1 Å². The lowest BCUT2D eigenvalue weighted by Crippen LogP contribution is -2.39. The third-order valence-corrected chi connectivity index (χ3v) is 4.80. The molecule has 4 nitrogen and oxygen atoms in total. The number of ether oxygens (including phenoxy) is 1. The van der Waals surface area contributed by atoms with Crippen LogP contribution in [0.4, 0.5) is 0 Å². The molecule has 0 bridgehead atoms. The zero-order valence-corrected chi connectivity index (χ0v) is 14.7. The van der Waals surface area contributed by atoms with E-state index < -0.39 is 0 Å². The molecule has 0 spiro atoms. The van der Waals surface area contributed by atoms with Crippen LogP contribution in [0.25, 0.3) is 0 Å².